The SMILES string of the molecule is CN(CC(=O)Nc1cccc(Cl)c1Cl)Cc1ccc2c(c1)OCCO2. The average molecular weight is 381 g/mol. The Bertz CT molecular complexity index is 783. The molecule has 0 atom stereocenters. The Morgan fingerprint density at radius 2 is 1.92 bits per heavy atom. The highest BCUT2D eigenvalue weighted by molar-refractivity contribution is 6.43. The minimum absolute atomic E-state index is 0.163. The number of carbonyl (C=O) groups is 1. The fourth-order valence-electron chi connectivity index (χ4n) is 2.59. The number of nitrogens with zero attached hydrogens (tertiary/aromatic N) is 1. The highest BCUT2D eigenvalue weighted by Crippen LogP contribution is 2.31. The predicted octanol–water partition coefficient (Wildman–Crippen LogP) is 3.84. The second-order valence-corrected chi connectivity index (χ2v) is 6.59. The van der Waals surface area contributed by atoms with E-state index in [9.17, 15) is 4.79 Å². The molecule has 25 heavy (non-hydrogen) atoms. The highest BCUT2D eigenvalue weighted by Gasteiger charge is 2.14. The first kappa shape index (κ1) is 17.9. The summed E-state index contributed by atoms with van der Waals surface area (Å²) >= 11 is 12.0. The molecule has 0 saturated carbocycles. The molecule has 1 heterocycles. The Labute approximate surface area is 156 Å². The zero-order valence-electron chi connectivity index (χ0n) is 13.7. The molecule has 7 heteroatoms. The third-order valence-electron chi connectivity index (χ3n) is 3.70. The standard InChI is InChI=1S/C18H18Cl2N2O3/c1-22(10-12-5-6-15-16(9-12)25-8-7-24-15)11-17(23)21-14-4-2-3-13(19)18(14)20/h2-6,9H,7-8,10-11H2,1H3,(H,21,23). The molecule has 1 aliphatic heterocycles. The van der Waals surface area contributed by atoms with Gasteiger partial charge in [-0.25, -0.2) is 0 Å². The van der Waals surface area contributed by atoms with Gasteiger partial charge in [0.05, 0.1) is 22.3 Å². The fourth-order valence-corrected chi connectivity index (χ4v) is 2.94. The molecule has 3 rings (SSSR count). The van der Waals surface area contributed by atoms with Crippen LogP contribution >= 0.6 is 23.2 Å². The summed E-state index contributed by atoms with van der Waals surface area (Å²) in [7, 11) is 1.87. The highest BCUT2D eigenvalue weighted by atomic mass is 35.5. The van der Waals surface area contributed by atoms with Gasteiger partial charge in [-0.2, -0.15) is 0 Å². The van der Waals surface area contributed by atoms with Crippen molar-refractivity contribution in [3.05, 3.63) is 52.0 Å². The maximum Gasteiger partial charge on any atom is 0.238 e. The lowest BCUT2D eigenvalue weighted by Crippen LogP contribution is -2.30. The summed E-state index contributed by atoms with van der Waals surface area (Å²) in [5.74, 6) is 1.34. The summed E-state index contributed by atoms with van der Waals surface area (Å²) in [6, 6.07) is 10.9. The second kappa shape index (κ2) is 7.95. The largest absolute Gasteiger partial charge is 0.486 e. The second-order valence-electron chi connectivity index (χ2n) is 5.80. The van der Waals surface area contributed by atoms with Crippen LogP contribution < -0.4 is 14.8 Å². The molecule has 2 aromatic rings. The number of fused-ring (bicyclic) bond motifs is 1. The first-order valence-corrected chi connectivity index (χ1v) is 8.59. The number of halogens is 2. The number of anilines is 1. The van der Waals surface area contributed by atoms with Crippen molar-refractivity contribution in [2.45, 2.75) is 6.54 Å². The Balaban J connectivity index is 1.57. The number of rotatable bonds is 5. The Morgan fingerprint density at radius 1 is 1.16 bits per heavy atom. The van der Waals surface area contributed by atoms with Crippen LogP contribution in [0.2, 0.25) is 10.0 Å². The van der Waals surface area contributed by atoms with Gasteiger partial charge in [0.2, 0.25) is 5.91 Å². The number of nitrogens with one attached hydrogen (secondary N) is 1. The van der Waals surface area contributed by atoms with Gasteiger partial charge in [0.15, 0.2) is 11.5 Å². The summed E-state index contributed by atoms with van der Waals surface area (Å²) in [6.45, 7) is 1.94. The van der Waals surface area contributed by atoms with E-state index in [1.165, 1.54) is 0 Å². The van der Waals surface area contributed by atoms with E-state index in [0.717, 1.165) is 17.1 Å². The number of ether oxygens (including phenoxy) is 2. The third-order valence-corrected chi connectivity index (χ3v) is 4.52. The van der Waals surface area contributed by atoms with E-state index in [1.54, 1.807) is 18.2 Å². The lowest BCUT2D eigenvalue weighted by molar-refractivity contribution is -0.117. The number of likely N-dealkylation sites (N-methyl/N-ethyl adjacent to an activating group) is 1. The van der Waals surface area contributed by atoms with Crippen LogP contribution in [0, 0.1) is 0 Å². The van der Waals surface area contributed by atoms with Gasteiger partial charge in [-0.3, -0.25) is 9.69 Å². The number of amides is 1. The van der Waals surface area contributed by atoms with Gasteiger partial charge in [0.25, 0.3) is 0 Å². The minimum Gasteiger partial charge on any atom is -0.486 e. The lowest BCUT2D eigenvalue weighted by Gasteiger charge is -2.21. The maximum absolute atomic E-state index is 12.2. The van der Waals surface area contributed by atoms with Gasteiger partial charge in [0, 0.05) is 6.54 Å². The van der Waals surface area contributed by atoms with Crippen LogP contribution in [0.25, 0.3) is 0 Å². The van der Waals surface area contributed by atoms with E-state index in [1.807, 2.05) is 30.1 Å². The van der Waals surface area contributed by atoms with Crippen LogP contribution in [0.4, 0.5) is 5.69 Å². The number of carbonyl (C=O) groups excluding carboxylic acids is 1. The molecule has 0 aliphatic carbocycles. The van der Waals surface area contributed by atoms with Gasteiger partial charge < -0.3 is 14.8 Å². The Morgan fingerprint density at radius 3 is 2.72 bits per heavy atom. The van der Waals surface area contributed by atoms with Crippen molar-refractivity contribution in [2.75, 3.05) is 32.1 Å². The molecular formula is C18H18Cl2N2O3. The van der Waals surface area contributed by atoms with Gasteiger partial charge in [-0.15, -0.1) is 0 Å². The van der Waals surface area contributed by atoms with E-state index in [4.69, 9.17) is 32.7 Å². The number of hydrogen-bond acceptors (Lipinski definition) is 4. The monoisotopic (exact) mass is 380 g/mol. The van der Waals surface area contributed by atoms with Crippen LogP contribution in [-0.2, 0) is 11.3 Å². The summed E-state index contributed by atoms with van der Waals surface area (Å²) < 4.78 is 11.1. The number of hydrogen-bond donors (Lipinski definition) is 1. The van der Waals surface area contributed by atoms with Crippen molar-refractivity contribution in [1.82, 2.24) is 4.90 Å². The van der Waals surface area contributed by atoms with E-state index in [0.29, 0.717) is 35.5 Å². The molecule has 1 N–H and O–H groups in total. The van der Waals surface area contributed by atoms with Crippen molar-refractivity contribution in [1.29, 1.82) is 0 Å². The first-order valence-electron chi connectivity index (χ1n) is 7.84. The zero-order valence-corrected chi connectivity index (χ0v) is 15.2. The molecular weight excluding hydrogens is 363 g/mol. The third kappa shape index (κ3) is 4.57. The first-order chi connectivity index (χ1) is 12.0. The van der Waals surface area contributed by atoms with E-state index in [-0.39, 0.29) is 12.5 Å². The van der Waals surface area contributed by atoms with Crippen molar-refractivity contribution < 1.29 is 14.3 Å². The number of benzene rings is 2. The fraction of sp³-hybridized carbons (Fsp3) is 0.278. The average Bonchev–Trinajstić information content (AvgIpc) is 2.58. The molecule has 0 spiro atoms. The quantitative estimate of drug-likeness (QED) is 0.855. The molecule has 0 fully saturated rings. The molecule has 2 aromatic carbocycles. The predicted molar refractivity (Wildman–Crippen MR) is 98.9 cm³/mol. The summed E-state index contributed by atoms with van der Waals surface area (Å²) in [5, 5.41) is 3.52. The molecule has 1 aliphatic rings. The molecule has 0 unspecified atom stereocenters. The molecule has 132 valence electrons. The van der Waals surface area contributed by atoms with Gasteiger partial charge in [0.1, 0.15) is 13.2 Å². The summed E-state index contributed by atoms with van der Waals surface area (Å²) in [5.41, 5.74) is 1.55. The van der Waals surface area contributed by atoms with E-state index < -0.39 is 0 Å². The molecule has 0 saturated heterocycles. The molecule has 1 amide bonds. The van der Waals surface area contributed by atoms with Crippen LogP contribution in [-0.4, -0.2) is 37.6 Å². The van der Waals surface area contributed by atoms with Crippen LogP contribution in [0.1, 0.15) is 5.56 Å². The maximum atomic E-state index is 12.2. The molecule has 5 nitrogen and oxygen atoms in total. The Hall–Kier alpha value is -1.95. The normalized spacial score (nSPS) is 13.0. The van der Waals surface area contributed by atoms with Crippen molar-refractivity contribution in [3.8, 4) is 11.5 Å². The smallest absolute Gasteiger partial charge is 0.238 e. The van der Waals surface area contributed by atoms with Gasteiger partial charge >= 0.3 is 0 Å². The molecule has 0 radical (unpaired) electrons. The van der Waals surface area contributed by atoms with Crippen molar-refractivity contribution >= 4 is 34.8 Å². The zero-order chi connectivity index (χ0) is 17.8. The van der Waals surface area contributed by atoms with E-state index >= 15 is 0 Å². The molecule has 0 bridgehead atoms. The van der Waals surface area contributed by atoms with Crippen LogP contribution in [0.5, 0.6) is 11.5 Å². The van der Waals surface area contributed by atoms with Crippen molar-refractivity contribution in [3.63, 3.8) is 0 Å². The van der Waals surface area contributed by atoms with E-state index in [2.05, 4.69) is 5.32 Å². The van der Waals surface area contributed by atoms with Crippen molar-refractivity contribution in [2.24, 2.45) is 0 Å². The van der Waals surface area contributed by atoms with Crippen LogP contribution in [0.3, 0.4) is 0 Å². The van der Waals surface area contributed by atoms with Gasteiger partial charge in [-0.05, 0) is 36.9 Å². The lowest BCUT2D eigenvalue weighted by atomic mass is 10.2. The molecule has 0 aromatic heterocycles. The Kier molecular flexibility index (Phi) is 5.68. The summed E-state index contributed by atoms with van der Waals surface area (Å²) in [6.07, 6.45) is 0. The minimum atomic E-state index is -0.163. The van der Waals surface area contributed by atoms with Gasteiger partial charge in [-0.1, -0.05) is 35.3 Å². The summed E-state index contributed by atoms with van der Waals surface area (Å²) in [4.78, 5) is 14.1. The van der Waals surface area contributed by atoms with Crippen LogP contribution in [0.15, 0.2) is 36.4 Å². The topological polar surface area (TPSA) is 50.8 Å².